The number of benzene rings is 1. The molecule has 0 bridgehead atoms. The zero-order valence-electron chi connectivity index (χ0n) is 16.5. The van der Waals surface area contributed by atoms with Crippen LogP contribution in [-0.2, 0) is 9.47 Å². The Balaban J connectivity index is 1.82. The van der Waals surface area contributed by atoms with Gasteiger partial charge in [0.25, 0.3) is 0 Å². The maximum atomic E-state index is 5.65. The normalized spacial score (nSPS) is 25.6. The van der Waals surface area contributed by atoms with Crippen molar-refractivity contribution in [1.29, 1.82) is 0 Å². The molecule has 0 aliphatic carbocycles. The Hall–Kier alpha value is -2.02. The Labute approximate surface area is 168 Å². The van der Waals surface area contributed by atoms with E-state index in [4.69, 9.17) is 9.47 Å². The van der Waals surface area contributed by atoms with E-state index >= 15 is 0 Å². The number of allylic oxidation sites excluding steroid dienone is 2. The quantitative estimate of drug-likeness (QED) is 0.501. The van der Waals surface area contributed by atoms with E-state index in [1.165, 1.54) is 4.35 Å². The second-order valence-electron chi connectivity index (χ2n) is 8.22. The van der Waals surface area contributed by atoms with Crippen LogP contribution in [0.4, 0.5) is 0 Å². The average molecular weight is 422 g/mol. The summed E-state index contributed by atoms with van der Waals surface area (Å²) in [6.45, 7) is 8.43. The van der Waals surface area contributed by atoms with Gasteiger partial charge in [0.15, 0.2) is 0 Å². The van der Waals surface area contributed by atoms with Crippen molar-refractivity contribution in [2.45, 2.75) is 51.7 Å². The molecule has 1 aromatic carbocycles. The summed E-state index contributed by atoms with van der Waals surface area (Å²) in [5.41, 5.74) is -0.300. The van der Waals surface area contributed by atoms with E-state index < -0.39 is 14.7 Å². The van der Waals surface area contributed by atoms with Gasteiger partial charge in [0.05, 0.1) is 0 Å². The molecule has 140 valence electrons. The molecular formula is C24H27AsO2. The van der Waals surface area contributed by atoms with Crippen LogP contribution in [0.5, 0.6) is 0 Å². The molecule has 0 saturated heterocycles. The Morgan fingerprint density at radius 2 is 1.30 bits per heavy atom. The van der Waals surface area contributed by atoms with Gasteiger partial charge in [0, 0.05) is 0 Å². The minimum absolute atomic E-state index is 0.150. The van der Waals surface area contributed by atoms with Crippen LogP contribution in [0.25, 0.3) is 0 Å². The molecule has 0 radical (unpaired) electrons. The van der Waals surface area contributed by atoms with Crippen molar-refractivity contribution in [3.8, 4) is 21.3 Å². The van der Waals surface area contributed by atoms with Crippen molar-refractivity contribution >= 4 is 19.0 Å². The molecule has 2 heterocycles. The number of hydrogen-bond donors (Lipinski definition) is 0. The summed E-state index contributed by atoms with van der Waals surface area (Å²) in [5, 5.41) is 0. The van der Waals surface area contributed by atoms with Crippen LogP contribution in [0, 0.1) is 33.1 Å². The summed E-state index contributed by atoms with van der Waals surface area (Å²) in [6, 6.07) is 10.5. The fourth-order valence-electron chi connectivity index (χ4n) is 3.16. The molecular weight excluding hydrogens is 395 g/mol. The first-order chi connectivity index (χ1) is 12.8. The zero-order valence-corrected chi connectivity index (χ0v) is 18.4. The van der Waals surface area contributed by atoms with Gasteiger partial charge in [-0.3, -0.25) is 0 Å². The number of rotatable bonds is 1. The molecule has 2 aliphatic rings. The molecule has 3 rings (SSSR count). The maximum absolute atomic E-state index is 5.65. The molecule has 0 saturated carbocycles. The number of ether oxygens (including phenoxy) is 2. The van der Waals surface area contributed by atoms with E-state index in [1.54, 1.807) is 12.5 Å². The molecule has 2 unspecified atom stereocenters. The molecule has 2 aliphatic heterocycles. The molecule has 3 heteroatoms. The van der Waals surface area contributed by atoms with Crippen LogP contribution < -0.4 is 4.35 Å². The molecule has 27 heavy (non-hydrogen) atoms. The van der Waals surface area contributed by atoms with Gasteiger partial charge < -0.3 is 0 Å². The minimum atomic E-state index is -1.77. The first-order valence-electron chi connectivity index (χ1n) is 9.40. The summed E-state index contributed by atoms with van der Waals surface area (Å²) in [7, 11) is 0. The fraction of sp³-hybridized carbons (Fsp3) is 0.417. The third kappa shape index (κ3) is 5.99. The summed E-state index contributed by atoms with van der Waals surface area (Å²) >= 11 is -1.77. The van der Waals surface area contributed by atoms with Crippen molar-refractivity contribution in [3.05, 3.63) is 55.0 Å². The molecule has 1 aromatic rings. The van der Waals surface area contributed by atoms with E-state index in [0.717, 1.165) is 12.8 Å². The van der Waals surface area contributed by atoms with Gasteiger partial charge in [-0.2, -0.15) is 0 Å². The van der Waals surface area contributed by atoms with E-state index in [-0.39, 0.29) is 23.0 Å². The Morgan fingerprint density at radius 1 is 0.815 bits per heavy atom. The first kappa shape index (κ1) is 19.7. The second kappa shape index (κ2) is 8.33. The van der Waals surface area contributed by atoms with Gasteiger partial charge in [0.1, 0.15) is 0 Å². The van der Waals surface area contributed by atoms with Crippen LogP contribution in [0.15, 0.2) is 55.0 Å². The topological polar surface area (TPSA) is 18.5 Å². The van der Waals surface area contributed by atoms with Crippen LogP contribution in [0.1, 0.15) is 40.5 Å². The zero-order chi connectivity index (χ0) is 19.3. The van der Waals surface area contributed by atoms with E-state index in [2.05, 4.69) is 85.4 Å². The molecule has 0 N–H and O–H groups in total. The SMILES string of the molecule is CC1(C)CC(C#C[As](C#CC2C=COC(C)(C)C2)c2ccccc2)C=CO1. The third-order valence-electron chi connectivity index (χ3n) is 4.56. The van der Waals surface area contributed by atoms with Crippen molar-refractivity contribution in [2.24, 2.45) is 11.8 Å². The van der Waals surface area contributed by atoms with Crippen LogP contribution in [0.2, 0.25) is 0 Å². The standard InChI is InChI=1S/C24H27AsO2/c1-23(2)18-20(12-16-26-23)10-14-25(22-8-6-5-7-9-22)15-11-21-13-17-27-24(3,4)19-21/h5-9,12-13,16-17,20-21H,18-19H2,1-4H3. The van der Waals surface area contributed by atoms with E-state index in [0.29, 0.717) is 0 Å². The molecule has 0 spiro atoms. The summed E-state index contributed by atoms with van der Waals surface area (Å²) in [6.07, 6.45) is 9.54. The summed E-state index contributed by atoms with van der Waals surface area (Å²) in [4.78, 5) is 0. The molecule has 0 amide bonds. The molecule has 2 atom stereocenters. The monoisotopic (exact) mass is 422 g/mol. The van der Waals surface area contributed by atoms with Crippen molar-refractivity contribution in [2.75, 3.05) is 0 Å². The van der Waals surface area contributed by atoms with Crippen molar-refractivity contribution < 1.29 is 9.47 Å². The first-order valence-corrected chi connectivity index (χ1v) is 12.2. The molecule has 0 aromatic heterocycles. The van der Waals surface area contributed by atoms with E-state index in [1.807, 2.05) is 6.07 Å². The van der Waals surface area contributed by atoms with Gasteiger partial charge in [-0.1, -0.05) is 0 Å². The Bertz CT molecular complexity index is 776. The van der Waals surface area contributed by atoms with E-state index in [9.17, 15) is 0 Å². The number of hydrogen-bond acceptors (Lipinski definition) is 2. The summed E-state index contributed by atoms with van der Waals surface area (Å²) in [5.74, 6) is 7.43. The molecule has 0 fully saturated rings. The van der Waals surface area contributed by atoms with Gasteiger partial charge in [-0.25, -0.2) is 0 Å². The molecule has 2 nitrogen and oxygen atoms in total. The predicted molar refractivity (Wildman–Crippen MR) is 112 cm³/mol. The van der Waals surface area contributed by atoms with Gasteiger partial charge in [-0.15, -0.1) is 0 Å². The van der Waals surface area contributed by atoms with Gasteiger partial charge in [0.2, 0.25) is 0 Å². The van der Waals surface area contributed by atoms with Crippen LogP contribution >= 0.6 is 0 Å². The summed E-state index contributed by atoms with van der Waals surface area (Å²) < 4.78 is 19.7. The van der Waals surface area contributed by atoms with Crippen molar-refractivity contribution in [3.63, 3.8) is 0 Å². The second-order valence-corrected chi connectivity index (χ2v) is 11.6. The van der Waals surface area contributed by atoms with Crippen LogP contribution in [0.3, 0.4) is 0 Å². The van der Waals surface area contributed by atoms with Crippen LogP contribution in [-0.4, -0.2) is 25.9 Å². The Morgan fingerprint density at radius 3 is 1.74 bits per heavy atom. The van der Waals surface area contributed by atoms with Gasteiger partial charge >= 0.3 is 168 Å². The fourth-order valence-corrected chi connectivity index (χ4v) is 6.04. The predicted octanol–water partition coefficient (Wildman–Crippen LogP) is 4.13. The third-order valence-corrected chi connectivity index (χ3v) is 7.75. The van der Waals surface area contributed by atoms with Crippen molar-refractivity contribution in [1.82, 2.24) is 0 Å². The average Bonchev–Trinajstić information content (AvgIpc) is 2.61. The Kier molecular flexibility index (Phi) is 6.09. The van der Waals surface area contributed by atoms with Gasteiger partial charge in [-0.05, 0) is 0 Å².